The quantitative estimate of drug-likeness (QED) is 0.756. The summed E-state index contributed by atoms with van der Waals surface area (Å²) >= 11 is 1.38. The van der Waals surface area contributed by atoms with Gasteiger partial charge in [-0.1, -0.05) is 49.0 Å². The molecular formula is C21H25N3OS. The van der Waals surface area contributed by atoms with Crippen LogP contribution in [0.25, 0.3) is 0 Å². The maximum atomic E-state index is 12.8. The fraction of sp³-hybridized carbons (Fsp3) is 0.381. The number of aryl methyl sites for hydroxylation is 1. The smallest absolute Gasteiger partial charge is 0.234 e. The highest BCUT2D eigenvalue weighted by Crippen LogP contribution is 2.31. The van der Waals surface area contributed by atoms with Crippen molar-refractivity contribution in [2.45, 2.75) is 57.4 Å². The average molecular weight is 368 g/mol. The summed E-state index contributed by atoms with van der Waals surface area (Å²) in [5.41, 5.74) is 4.51. The van der Waals surface area contributed by atoms with Gasteiger partial charge >= 0.3 is 0 Å². The molecule has 0 aliphatic heterocycles. The van der Waals surface area contributed by atoms with Crippen molar-refractivity contribution in [3.05, 3.63) is 58.3 Å². The zero-order valence-electron chi connectivity index (χ0n) is 16.0. The van der Waals surface area contributed by atoms with E-state index in [4.69, 9.17) is 0 Å². The fourth-order valence-corrected chi connectivity index (χ4v) is 3.83. The highest BCUT2D eigenvalue weighted by Gasteiger charge is 2.23. The van der Waals surface area contributed by atoms with E-state index in [1.807, 2.05) is 65.0 Å². The number of amides is 1. The Morgan fingerprint density at radius 2 is 1.88 bits per heavy atom. The second-order valence-corrected chi connectivity index (χ2v) is 7.59. The van der Waals surface area contributed by atoms with Crippen molar-refractivity contribution in [2.24, 2.45) is 0 Å². The lowest BCUT2D eigenvalue weighted by atomic mass is 10.1. The molecule has 2 rings (SSSR count). The first-order valence-corrected chi connectivity index (χ1v) is 9.66. The Balaban J connectivity index is 2.19. The molecule has 1 heterocycles. The molecule has 0 saturated heterocycles. The number of benzene rings is 1. The Labute approximate surface area is 160 Å². The van der Waals surface area contributed by atoms with E-state index in [9.17, 15) is 10.1 Å². The number of pyridine rings is 1. The average Bonchev–Trinajstić information content (AvgIpc) is 2.64. The van der Waals surface area contributed by atoms with E-state index in [2.05, 4.69) is 16.4 Å². The maximum Gasteiger partial charge on any atom is 0.234 e. The van der Waals surface area contributed by atoms with Crippen LogP contribution in [0.2, 0.25) is 0 Å². The van der Waals surface area contributed by atoms with Crippen molar-refractivity contribution >= 4 is 17.7 Å². The molecule has 0 fully saturated rings. The van der Waals surface area contributed by atoms with E-state index < -0.39 is 0 Å². The minimum Gasteiger partial charge on any atom is -0.349 e. The van der Waals surface area contributed by atoms with Crippen LogP contribution < -0.4 is 5.32 Å². The van der Waals surface area contributed by atoms with Crippen molar-refractivity contribution in [1.29, 1.82) is 5.26 Å². The van der Waals surface area contributed by atoms with Crippen LogP contribution in [0.1, 0.15) is 54.3 Å². The summed E-state index contributed by atoms with van der Waals surface area (Å²) in [6.45, 7) is 9.80. The summed E-state index contributed by atoms with van der Waals surface area (Å²) in [4.78, 5) is 17.3. The predicted molar refractivity (Wildman–Crippen MR) is 106 cm³/mol. The van der Waals surface area contributed by atoms with E-state index in [1.165, 1.54) is 11.8 Å². The van der Waals surface area contributed by atoms with Gasteiger partial charge in [0.1, 0.15) is 11.1 Å². The SMILES string of the molecule is CC[C@@H](Sc1nc(C)c(C)c(C)c1C#N)C(=O)N[C@@H](C)c1ccccc1. The number of nitrogens with one attached hydrogen (secondary N) is 1. The molecule has 0 spiro atoms. The highest BCUT2D eigenvalue weighted by molar-refractivity contribution is 8.00. The topological polar surface area (TPSA) is 65.8 Å². The van der Waals surface area contributed by atoms with Crippen molar-refractivity contribution < 1.29 is 4.79 Å². The Hall–Kier alpha value is -2.32. The lowest BCUT2D eigenvalue weighted by Gasteiger charge is -2.20. The Morgan fingerprint density at radius 1 is 1.23 bits per heavy atom. The van der Waals surface area contributed by atoms with Gasteiger partial charge in [-0.2, -0.15) is 5.26 Å². The van der Waals surface area contributed by atoms with E-state index in [-0.39, 0.29) is 17.2 Å². The molecule has 1 aromatic carbocycles. The molecule has 4 nitrogen and oxygen atoms in total. The summed E-state index contributed by atoms with van der Waals surface area (Å²) in [5.74, 6) is -0.0320. The molecule has 0 aliphatic rings. The number of hydrogen-bond donors (Lipinski definition) is 1. The van der Waals surface area contributed by atoms with Crippen LogP contribution in [0, 0.1) is 32.1 Å². The van der Waals surface area contributed by atoms with E-state index >= 15 is 0 Å². The molecule has 0 unspecified atom stereocenters. The molecule has 136 valence electrons. The van der Waals surface area contributed by atoms with Gasteiger partial charge in [-0.05, 0) is 50.8 Å². The monoisotopic (exact) mass is 367 g/mol. The van der Waals surface area contributed by atoms with Crippen LogP contribution in [0.4, 0.5) is 0 Å². The molecule has 1 amide bonds. The summed E-state index contributed by atoms with van der Waals surface area (Å²) in [6.07, 6.45) is 0.663. The second-order valence-electron chi connectivity index (χ2n) is 6.39. The van der Waals surface area contributed by atoms with Crippen LogP contribution in [0.5, 0.6) is 0 Å². The maximum absolute atomic E-state index is 12.8. The lowest BCUT2D eigenvalue weighted by molar-refractivity contribution is -0.121. The van der Waals surface area contributed by atoms with Gasteiger partial charge in [0.05, 0.1) is 16.9 Å². The first-order valence-electron chi connectivity index (χ1n) is 8.78. The molecule has 26 heavy (non-hydrogen) atoms. The van der Waals surface area contributed by atoms with E-state index in [0.717, 1.165) is 22.4 Å². The number of rotatable bonds is 6. The summed E-state index contributed by atoms with van der Waals surface area (Å²) in [5, 5.41) is 13.0. The van der Waals surface area contributed by atoms with Gasteiger partial charge in [-0.15, -0.1) is 0 Å². The fourth-order valence-electron chi connectivity index (χ4n) is 2.72. The molecule has 2 atom stereocenters. The third kappa shape index (κ3) is 4.44. The van der Waals surface area contributed by atoms with Crippen molar-refractivity contribution in [2.75, 3.05) is 0 Å². The number of carbonyl (C=O) groups is 1. The molecule has 1 aromatic heterocycles. The Bertz CT molecular complexity index is 827. The summed E-state index contributed by atoms with van der Waals surface area (Å²) in [7, 11) is 0. The van der Waals surface area contributed by atoms with Gasteiger partial charge in [0.15, 0.2) is 0 Å². The summed E-state index contributed by atoms with van der Waals surface area (Å²) in [6, 6.07) is 12.1. The molecule has 0 bridgehead atoms. The molecule has 0 aliphatic carbocycles. The third-order valence-corrected chi connectivity index (χ3v) is 6.00. The zero-order valence-corrected chi connectivity index (χ0v) is 16.8. The molecule has 0 saturated carbocycles. The standard InChI is InChI=1S/C21H25N3OS/c1-6-19(20(25)23-16(5)17-10-8-7-9-11-17)26-21-18(12-22)14(3)13(2)15(4)24-21/h7-11,16,19H,6H2,1-5H3,(H,23,25)/t16-,19+/m0/s1. The molecular weight excluding hydrogens is 342 g/mol. The zero-order chi connectivity index (χ0) is 19.3. The number of thioether (sulfide) groups is 1. The Kier molecular flexibility index (Phi) is 6.82. The highest BCUT2D eigenvalue weighted by atomic mass is 32.2. The minimum absolute atomic E-state index is 0.0320. The molecule has 1 N–H and O–H groups in total. The number of aromatic nitrogens is 1. The number of hydrogen-bond acceptors (Lipinski definition) is 4. The van der Waals surface area contributed by atoms with Crippen LogP contribution in [-0.4, -0.2) is 16.1 Å². The van der Waals surface area contributed by atoms with E-state index in [0.29, 0.717) is 17.0 Å². The van der Waals surface area contributed by atoms with Gasteiger partial charge in [0.25, 0.3) is 0 Å². The van der Waals surface area contributed by atoms with Crippen LogP contribution in [0.3, 0.4) is 0 Å². The second kappa shape index (κ2) is 8.86. The van der Waals surface area contributed by atoms with Gasteiger partial charge in [-0.25, -0.2) is 4.98 Å². The predicted octanol–water partition coefficient (Wildman–Crippen LogP) is 4.63. The third-order valence-electron chi connectivity index (χ3n) is 4.65. The normalized spacial score (nSPS) is 12.9. The van der Waals surface area contributed by atoms with Gasteiger partial charge < -0.3 is 5.32 Å². The number of nitriles is 1. The Morgan fingerprint density at radius 3 is 2.46 bits per heavy atom. The molecule has 2 aromatic rings. The van der Waals surface area contributed by atoms with Crippen molar-refractivity contribution in [1.82, 2.24) is 10.3 Å². The molecule has 0 radical (unpaired) electrons. The van der Waals surface area contributed by atoms with Gasteiger partial charge in [0, 0.05) is 5.69 Å². The summed E-state index contributed by atoms with van der Waals surface area (Å²) < 4.78 is 0. The largest absolute Gasteiger partial charge is 0.349 e. The first-order chi connectivity index (χ1) is 12.4. The van der Waals surface area contributed by atoms with Crippen molar-refractivity contribution in [3.63, 3.8) is 0 Å². The number of nitrogens with zero attached hydrogens (tertiary/aromatic N) is 2. The van der Waals surface area contributed by atoms with E-state index in [1.54, 1.807) is 0 Å². The van der Waals surface area contributed by atoms with Crippen molar-refractivity contribution in [3.8, 4) is 6.07 Å². The van der Waals surface area contributed by atoms with Crippen LogP contribution in [0.15, 0.2) is 35.4 Å². The van der Waals surface area contributed by atoms with Gasteiger partial charge in [-0.3, -0.25) is 4.79 Å². The lowest BCUT2D eigenvalue weighted by Crippen LogP contribution is -2.34. The molecule has 5 heteroatoms. The minimum atomic E-state index is -0.290. The first kappa shape index (κ1) is 20.0. The van der Waals surface area contributed by atoms with Gasteiger partial charge in [0.2, 0.25) is 5.91 Å². The number of carbonyl (C=O) groups excluding carboxylic acids is 1. The van der Waals surface area contributed by atoms with Crippen LogP contribution >= 0.6 is 11.8 Å². The van der Waals surface area contributed by atoms with Crippen LogP contribution in [-0.2, 0) is 4.79 Å².